The van der Waals surface area contributed by atoms with Crippen molar-refractivity contribution in [3.8, 4) is 22.8 Å². The van der Waals surface area contributed by atoms with E-state index in [4.69, 9.17) is 9.47 Å². The van der Waals surface area contributed by atoms with Crippen LogP contribution in [0.4, 0.5) is 0 Å². The van der Waals surface area contributed by atoms with Crippen LogP contribution in [-0.4, -0.2) is 60.9 Å². The number of aromatic nitrogens is 2. The summed E-state index contributed by atoms with van der Waals surface area (Å²) in [5.41, 5.74) is 2.07. The van der Waals surface area contributed by atoms with Crippen LogP contribution in [0.1, 0.15) is 42.5 Å². The highest BCUT2D eigenvalue weighted by Crippen LogP contribution is 2.33. The second-order valence-electron chi connectivity index (χ2n) is 7.94. The quantitative estimate of drug-likeness (QED) is 0.782. The highest BCUT2D eigenvalue weighted by Gasteiger charge is 2.33. The first-order valence-electron chi connectivity index (χ1n) is 10.5. The van der Waals surface area contributed by atoms with Crippen molar-refractivity contribution in [1.82, 2.24) is 20.4 Å². The highest BCUT2D eigenvalue weighted by molar-refractivity contribution is 5.99. The van der Waals surface area contributed by atoms with Crippen molar-refractivity contribution in [1.29, 1.82) is 0 Å². The predicted octanol–water partition coefficient (Wildman–Crippen LogP) is 3.09. The van der Waals surface area contributed by atoms with Gasteiger partial charge in [-0.15, -0.1) is 0 Å². The number of amides is 1. The lowest BCUT2D eigenvalue weighted by molar-refractivity contribution is 0.0576. The topological polar surface area (TPSA) is 79.5 Å². The Kier molecular flexibility index (Phi) is 6.04. The summed E-state index contributed by atoms with van der Waals surface area (Å²) in [6, 6.07) is 6.19. The number of hydrogen-bond acceptors (Lipinski definition) is 5. The molecule has 1 aromatic heterocycles. The van der Waals surface area contributed by atoms with Gasteiger partial charge in [-0.3, -0.25) is 9.89 Å². The number of carbonyl (C=O) groups excluding carboxylic acids is 1. The molecule has 0 aliphatic carbocycles. The zero-order valence-corrected chi connectivity index (χ0v) is 17.2. The summed E-state index contributed by atoms with van der Waals surface area (Å²) < 4.78 is 10.7. The van der Waals surface area contributed by atoms with Crippen LogP contribution in [0.5, 0.6) is 11.5 Å². The zero-order chi connectivity index (χ0) is 20.2. The van der Waals surface area contributed by atoms with E-state index in [9.17, 15) is 4.79 Å². The Bertz CT molecular complexity index is 848. The van der Waals surface area contributed by atoms with E-state index in [-0.39, 0.29) is 5.91 Å². The van der Waals surface area contributed by atoms with E-state index in [2.05, 4.69) is 20.4 Å². The Balaban J connectivity index is 1.46. The van der Waals surface area contributed by atoms with Crippen LogP contribution in [0.15, 0.2) is 24.4 Å². The first kappa shape index (κ1) is 19.8. The number of hydrogen-bond donors (Lipinski definition) is 2. The van der Waals surface area contributed by atoms with Crippen LogP contribution in [0.3, 0.4) is 0 Å². The number of benzene rings is 1. The van der Waals surface area contributed by atoms with Crippen molar-refractivity contribution < 1.29 is 14.3 Å². The van der Waals surface area contributed by atoms with Crippen molar-refractivity contribution >= 4 is 5.91 Å². The summed E-state index contributed by atoms with van der Waals surface area (Å²) in [5, 5.41) is 10.2. The molecule has 2 fully saturated rings. The number of nitrogens with one attached hydrogen (secondary N) is 2. The molecule has 0 bridgehead atoms. The van der Waals surface area contributed by atoms with Crippen LogP contribution in [0, 0.1) is 5.92 Å². The molecule has 29 heavy (non-hydrogen) atoms. The minimum atomic E-state index is -0.0866. The van der Waals surface area contributed by atoms with E-state index in [0.29, 0.717) is 34.7 Å². The Hall–Kier alpha value is -2.54. The molecule has 1 amide bonds. The molecule has 7 nitrogen and oxygen atoms in total. The second kappa shape index (κ2) is 8.86. The van der Waals surface area contributed by atoms with Crippen molar-refractivity contribution in [3.05, 3.63) is 30.0 Å². The minimum Gasteiger partial charge on any atom is -0.493 e. The fraction of sp³-hybridized carbons (Fsp3) is 0.545. The number of nitrogens with zero attached hydrogens (tertiary/aromatic N) is 2. The standard InChI is InChI=1S/C22H30N4O3/c1-28-19-9-8-15(12-20(19)29-2)21-17(14-24-25-21)22(27)23-13-16-6-5-11-26-10-4-3-7-18(16)26/h8-9,12,14,16,18H,3-7,10-11,13H2,1-2H3,(H,23,27)(H,24,25)/t16-,18-/m0/s1. The Morgan fingerprint density at radius 1 is 1.17 bits per heavy atom. The zero-order valence-electron chi connectivity index (χ0n) is 17.2. The molecule has 2 aromatic rings. The molecule has 2 N–H and O–H groups in total. The molecule has 0 radical (unpaired) electrons. The van der Waals surface area contributed by atoms with Crippen molar-refractivity contribution in [2.45, 2.75) is 38.1 Å². The molecule has 4 rings (SSSR count). The lowest BCUT2D eigenvalue weighted by Gasteiger charge is -2.44. The maximum atomic E-state index is 12.9. The fourth-order valence-electron chi connectivity index (χ4n) is 4.80. The van der Waals surface area contributed by atoms with Crippen LogP contribution in [-0.2, 0) is 0 Å². The third kappa shape index (κ3) is 4.10. The van der Waals surface area contributed by atoms with Gasteiger partial charge in [-0.25, -0.2) is 0 Å². The molecule has 156 valence electrons. The number of H-pyrrole nitrogens is 1. The van der Waals surface area contributed by atoms with Crippen molar-refractivity contribution in [3.63, 3.8) is 0 Å². The van der Waals surface area contributed by atoms with Crippen molar-refractivity contribution in [2.24, 2.45) is 5.92 Å². The van der Waals surface area contributed by atoms with Crippen LogP contribution in [0.25, 0.3) is 11.3 Å². The lowest BCUT2D eigenvalue weighted by Crippen LogP contribution is -2.51. The predicted molar refractivity (Wildman–Crippen MR) is 111 cm³/mol. The number of ether oxygens (including phenoxy) is 2. The van der Waals surface area contributed by atoms with Gasteiger partial charge in [0, 0.05) is 18.2 Å². The molecule has 0 saturated carbocycles. The van der Waals surface area contributed by atoms with Crippen LogP contribution in [0.2, 0.25) is 0 Å². The SMILES string of the molecule is COc1ccc(-c2[nH]ncc2C(=O)NC[C@@H]2CCCN3CCCC[C@@H]23)cc1OC. The lowest BCUT2D eigenvalue weighted by atomic mass is 9.83. The Morgan fingerprint density at radius 2 is 2.00 bits per heavy atom. The minimum absolute atomic E-state index is 0.0866. The number of fused-ring (bicyclic) bond motifs is 1. The van der Waals surface area contributed by atoms with E-state index in [1.165, 1.54) is 45.2 Å². The van der Waals surface area contributed by atoms with Gasteiger partial charge in [0.05, 0.1) is 31.7 Å². The summed E-state index contributed by atoms with van der Waals surface area (Å²) in [6.45, 7) is 3.14. The van der Waals surface area contributed by atoms with Gasteiger partial charge in [-0.05, 0) is 62.9 Å². The summed E-state index contributed by atoms with van der Waals surface area (Å²) >= 11 is 0. The highest BCUT2D eigenvalue weighted by atomic mass is 16.5. The van der Waals surface area contributed by atoms with Gasteiger partial charge in [0.25, 0.3) is 5.91 Å². The fourth-order valence-corrected chi connectivity index (χ4v) is 4.80. The molecule has 1 aromatic carbocycles. The summed E-state index contributed by atoms with van der Waals surface area (Å²) in [7, 11) is 3.20. The van der Waals surface area contributed by atoms with Crippen LogP contribution < -0.4 is 14.8 Å². The normalized spacial score (nSPS) is 22.0. The molecule has 2 saturated heterocycles. The molecule has 0 spiro atoms. The smallest absolute Gasteiger partial charge is 0.255 e. The van der Waals surface area contributed by atoms with Crippen molar-refractivity contribution in [2.75, 3.05) is 33.9 Å². The average molecular weight is 399 g/mol. The van der Waals surface area contributed by atoms with Gasteiger partial charge < -0.3 is 19.7 Å². The molecule has 3 heterocycles. The maximum Gasteiger partial charge on any atom is 0.255 e. The van der Waals surface area contributed by atoms with Gasteiger partial charge in [0.15, 0.2) is 11.5 Å². The first-order chi connectivity index (χ1) is 14.2. The molecule has 2 aliphatic rings. The Morgan fingerprint density at radius 3 is 2.83 bits per heavy atom. The maximum absolute atomic E-state index is 12.9. The molecule has 0 unspecified atom stereocenters. The number of carbonyl (C=O) groups is 1. The summed E-state index contributed by atoms with van der Waals surface area (Å²) in [4.78, 5) is 15.6. The van der Waals surface area contributed by atoms with Gasteiger partial charge >= 0.3 is 0 Å². The molecule has 2 aliphatic heterocycles. The van der Waals surface area contributed by atoms with E-state index in [1.54, 1.807) is 20.4 Å². The van der Waals surface area contributed by atoms with Gasteiger partial charge in [0.1, 0.15) is 0 Å². The van der Waals surface area contributed by atoms with Gasteiger partial charge in [-0.2, -0.15) is 5.10 Å². The van der Waals surface area contributed by atoms with E-state index in [0.717, 1.165) is 12.1 Å². The Labute approximate surface area is 171 Å². The largest absolute Gasteiger partial charge is 0.493 e. The number of rotatable bonds is 6. The molecule has 2 atom stereocenters. The first-order valence-corrected chi connectivity index (χ1v) is 10.5. The van der Waals surface area contributed by atoms with Gasteiger partial charge in [0.2, 0.25) is 0 Å². The molecular formula is C22H30N4O3. The second-order valence-corrected chi connectivity index (χ2v) is 7.94. The monoisotopic (exact) mass is 398 g/mol. The summed E-state index contributed by atoms with van der Waals surface area (Å²) in [5.74, 6) is 1.71. The number of methoxy groups -OCH3 is 2. The van der Waals surface area contributed by atoms with Gasteiger partial charge in [-0.1, -0.05) is 6.42 Å². The average Bonchev–Trinajstić information content (AvgIpc) is 3.27. The van der Waals surface area contributed by atoms with E-state index >= 15 is 0 Å². The molecule has 7 heteroatoms. The molecular weight excluding hydrogens is 368 g/mol. The van der Waals surface area contributed by atoms with E-state index in [1.807, 2.05) is 18.2 Å². The van der Waals surface area contributed by atoms with Crippen LogP contribution >= 0.6 is 0 Å². The third-order valence-corrected chi connectivity index (χ3v) is 6.31. The third-order valence-electron chi connectivity index (χ3n) is 6.31. The summed E-state index contributed by atoms with van der Waals surface area (Å²) in [6.07, 6.45) is 7.86. The van der Waals surface area contributed by atoms with E-state index < -0.39 is 0 Å². The number of piperidine rings is 2. The number of aromatic amines is 1.